The van der Waals surface area contributed by atoms with Gasteiger partial charge in [0.1, 0.15) is 23.2 Å². The number of aromatic nitrogens is 3. The molecule has 1 aliphatic rings. The fourth-order valence-electron chi connectivity index (χ4n) is 7.13. The summed E-state index contributed by atoms with van der Waals surface area (Å²) >= 11 is 0. The standard InChI is InChI=1S/C44H35N5O.Pt/c1-44(2,3)31-25-26-35(33(27-31)29-15-6-4-7-16-29)47-28-34(30-17-8-5-9-18-30)45-42(47)32-19-14-23-39-41(32)46-43-48(38-22-12-13-24-40(38)50)36-20-10-11-21-37(36)49(39)43;/h4-17,19-28,34,50H,1-3H3;. The van der Waals surface area contributed by atoms with E-state index in [0.29, 0.717) is 5.69 Å². The Morgan fingerprint density at radius 1 is 0.725 bits per heavy atom. The minimum absolute atomic E-state index is 0. The molecule has 0 spiro atoms. The first-order chi connectivity index (χ1) is 24.4. The van der Waals surface area contributed by atoms with Gasteiger partial charge in [-0.05, 0) is 65.1 Å². The molecule has 0 saturated carbocycles. The van der Waals surface area contributed by atoms with Crippen molar-refractivity contribution in [1.82, 2.24) is 14.0 Å². The monoisotopic (exact) mass is 844 g/mol. The second kappa shape index (κ2) is 12.6. The van der Waals surface area contributed by atoms with E-state index in [1.807, 2.05) is 53.1 Å². The van der Waals surface area contributed by atoms with Gasteiger partial charge in [-0.1, -0.05) is 92.5 Å². The number of rotatable bonds is 5. The second-order valence-corrected chi connectivity index (χ2v) is 13.8. The SMILES string of the molecule is CC(C)(C)c1ccc([N+]2=CC(c3[c-]cccc3)N=C2c2cccc3c2nc2n(-c4ccccc4O)c4ccccc4n32)c(-c2ccccc2)c1.[Pt]. The molecule has 0 radical (unpaired) electrons. The maximum absolute atomic E-state index is 11.0. The van der Waals surface area contributed by atoms with E-state index >= 15 is 0 Å². The summed E-state index contributed by atoms with van der Waals surface area (Å²) in [6, 6.07) is 50.6. The van der Waals surface area contributed by atoms with Crippen LogP contribution in [0.3, 0.4) is 0 Å². The average Bonchev–Trinajstić information content (AvgIpc) is 3.84. The van der Waals surface area contributed by atoms with E-state index in [2.05, 4.69) is 127 Å². The normalized spacial score (nSPS) is 14.5. The molecule has 0 saturated heterocycles. The van der Waals surface area contributed by atoms with Crippen LogP contribution in [0.2, 0.25) is 0 Å². The molecule has 6 aromatic carbocycles. The maximum Gasteiger partial charge on any atom is 0.332 e. The Balaban J connectivity index is 0.00000374. The number of hydrogen-bond donors (Lipinski definition) is 1. The Labute approximate surface area is 311 Å². The van der Waals surface area contributed by atoms with Crippen LogP contribution in [0.5, 0.6) is 5.75 Å². The van der Waals surface area contributed by atoms with E-state index in [1.54, 1.807) is 6.07 Å². The van der Waals surface area contributed by atoms with E-state index in [0.717, 1.165) is 61.6 Å². The van der Waals surface area contributed by atoms with Crippen LogP contribution in [0.4, 0.5) is 5.69 Å². The van der Waals surface area contributed by atoms with Crippen molar-refractivity contribution in [1.29, 1.82) is 0 Å². The van der Waals surface area contributed by atoms with Gasteiger partial charge in [0.2, 0.25) is 5.78 Å². The van der Waals surface area contributed by atoms with Crippen molar-refractivity contribution >= 4 is 45.6 Å². The zero-order valence-electron chi connectivity index (χ0n) is 28.4. The molecule has 3 heterocycles. The molecule has 6 nitrogen and oxygen atoms in total. The number of phenolic OH excluding ortho intramolecular Hbond substituents is 1. The second-order valence-electron chi connectivity index (χ2n) is 13.8. The third-order valence-corrected chi connectivity index (χ3v) is 9.63. The molecule has 0 amide bonds. The van der Waals surface area contributed by atoms with Gasteiger partial charge in [0.15, 0.2) is 6.04 Å². The fourth-order valence-corrected chi connectivity index (χ4v) is 7.13. The first kappa shape index (κ1) is 32.6. The summed E-state index contributed by atoms with van der Waals surface area (Å²) in [5.41, 5.74) is 10.9. The smallest absolute Gasteiger partial charge is 0.332 e. The van der Waals surface area contributed by atoms with E-state index in [4.69, 9.17) is 9.98 Å². The van der Waals surface area contributed by atoms with E-state index in [-0.39, 0.29) is 38.3 Å². The van der Waals surface area contributed by atoms with Crippen LogP contribution in [0, 0.1) is 6.07 Å². The molecule has 0 aliphatic carbocycles. The number of benzene rings is 6. The molecular formula is C44H35N5OPt. The third-order valence-electron chi connectivity index (χ3n) is 9.63. The molecule has 9 rings (SSSR count). The van der Waals surface area contributed by atoms with Crippen LogP contribution in [0.15, 0.2) is 145 Å². The molecule has 7 heteroatoms. The molecule has 0 bridgehead atoms. The van der Waals surface area contributed by atoms with Crippen LogP contribution >= 0.6 is 0 Å². The molecule has 0 fully saturated rings. The third kappa shape index (κ3) is 5.42. The Kier molecular flexibility index (Phi) is 8.08. The van der Waals surface area contributed by atoms with Crippen LogP contribution in [-0.4, -0.2) is 35.7 Å². The number of hydrogen-bond acceptors (Lipinski definition) is 3. The zero-order valence-corrected chi connectivity index (χ0v) is 30.7. The predicted octanol–water partition coefficient (Wildman–Crippen LogP) is 9.82. The Hall–Kier alpha value is -5.58. The van der Waals surface area contributed by atoms with E-state index in [1.165, 1.54) is 5.56 Å². The number of imidazole rings is 2. The Morgan fingerprint density at radius 3 is 2.22 bits per heavy atom. The molecule has 1 aliphatic heterocycles. The predicted molar refractivity (Wildman–Crippen MR) is 202 cm³/mol. The Bertz CT molecular complexity index is 2650. The van der Waals surface area contributed by atoms with E-state index < -0.39 is 0 Å². The number of amidine groups is 1. The van der Waals surface area contributed by atoms with Gasteiger partial charge in [0.25, 0.3) is 0 Å². The molecular weight excluding hydrogens is 810 g/mol. The first-order valence-electron chi connectivity index (χ1n) is 16.9. The van der Waals surface area contributed by atoms with Gasteiger partial charge < -0.3 is 5.11 Å². The molecule has 1 atom stereocenters. The topological polar surface area (TPSA) is 57.8 Å². The van der Waals surface area contributed by atoms with Gasteiger partial charge in [0.05, 0.1) is 27.8 Å². The summed E-state index contributed by atoms with van der Waals surface area (Å²) in [6.45, 7) is 6.76. The minimum Gasteiger partial charge on any atom is -0.506 e. The number of aliphatic imine (C=N–C) groups is 1. The molecule has 1 unspecified atom stereocenters. The summed E-state index contributed by atoms with van der Waals surface area (Å²) < 4.78 is 6.46. The zero-order chi connectivity index (χ0) is 34.0. The summed E-state index contributed by atoms with van der Waals surface area (Å²) in [5.74, 6) is 1.73. The van der Waals surface area contributed by atoms with Crippen molar-refractivity contribution in [3.05, 3.63) is 162 Å². The summed E-state index contributed by atoms with van der Waals surface area (Å²) in [7, 11) is 0. The van der Waals surface area contributed by atoms with Crippen LogP contribution in [-0.2, 0) is 26.5 Å². The summed E-state index contributed by atoms with van der Waals surface area (Å²) in [4.78, 5) is 10.8. The van der Waals surface area contributed by atoms with Crippen molar-refractivity contribution in [3.63, 3.8) is 0 Å². The van der Waals surface area contributed by atoms with Crippen LogP contribution in [0.25, 0.3) is 44.7 Å². The van der Waals surface area contributed by atoms with Crippen molar-refractivity contribution in [2.24, 2.45) is 4.99 Å². The van der Waals surface area contributed by atoms with Crippen LogP contribution in [0.1, 0.15) is 43.5 Å². The van der Waals surface area contributed by atoms with Crippen molar-refractivity contribution in [3.8, 4) is 22.6 Å². The summed E-state index contributed by atoms with van der Waals surface area (Å²) in [5, 5.41) is 11.0. The Morgan fingerprint density at radius 2 is 1.45 bits per heavy atom. The molecule has 2 aromatic heterocycles. The minimum atomic E-state index is -0.236. The van der Waals surface area contributed by atoms with Gasteiger partial charge in [-0.3, -0.25) is 8.97 Å². The number of aromatic hydroxyl groups is 1. The fraction of sp³-hybridized carbons (Fsp3) is 0.114. The number of nitrogens with zero attached hydrogens (tertiary/aromatic N) is 5. The first-order valence-corrected chi connectivity index (χ1v) is 16.9. The largest absolute Gasteiger partial charge is 0.506 e. The van der Waals surface area contributed by atoms with Crippen molar-refractivity contribution in [2.75, 3.05) is 0 Å². The van der Waals surface area contributed by atoms with Gasteiger partial charge >= 0.3 is 5.84 Å². The van der Waals surface area contributed by atoms with Gasteiger partial charge in [-0.2, -0.15) is 34.9 Å². The van der Waals surface area contributed by atoms with Gasteiger partial charge in [0, 0.05) is 26.6 Å². The van der Waals surface area contributed by atoms with Gasteiger partial charge in [-0.25, -0.2) is 4.98 Å². The average molecular weight is 845 g/mol. The number of fused-ring (bicyclic) bond motifs is 5. The molecule has 1 N–H and O–H groups in total. The van der Waals surface area contributed by atoms with Crippen molar-refractivity contribution in [2.45, 2.75) is 32.2 Å². The van der Waals surface area contributed by atoms with Crippen molar-refractivity contribution < 1.29 is 30.7 Å². The number of phenols is 1. The molecule has 51 heavy (non-hydrogen) atoms. The number of para-hydroxylation sites is 5. The molecule has 8 aromatic rings. The maximum atomic E-state index is 11.0. The molecule has 252 valence electrons. The summed E-state index contributed by atoms with van der Waals surface area (Å²) in [6.07, 6.45) is 2.20. The van der Waals surface area contributed by atoms with Crippen LogP contribution < -0.4 is 0 Å². The quantitative estimate of drug-likeness (QED) is 0.139. The van der Waals surface area contributed by atoms with Gasteiger partial charge in [-0.15, -0.1) is 5.56 Å². The van der Waals surface area contributed by atoms with E-state index in [9.17, 15) is 5.11 Å².